The van der Waals surface area contributed by atoms with Crippen molar-refractivity contribution < 1.29 is 13.2 Å². The van der Waals surface area contributed by atoms with Gasteiger partial charge in [-0.2, -0.15) is 13.2 Å². The number of anilines is 1. The number of hydrogen-bond acceptors (Lipinski definition) is 2. The third kappa shape index (κ3) is 4.92. The molecule has 21 heavy (non-hydrogen) atoms. The molecule has 0 radical (unpaired) electrons. The van der Waals surface area contributed by atoms with Crippen molar-refractivity contribution in [2.45, 2.75) is 44.4 Å². The van der Waals surface area contributed by atoms with E-state index in [4.69, 9.17) is 0 Å². The lowest BCUT2D eigenvalue weighted by Gasteiger charge is -2.31. The summed E-state index contributed by atoms with van der Waals surface area (Å²) < 4.78 is 38.4. The van der Waals surface area contributed by atoms with Crippen LogP contribution in [0.25, 0.3) is 0 Å². The van der Waals surface area contributed by atoms with Crippen LogP contribution in [0.1, 0.15) is 31.2 Å². The minimum absolute atomic E-state index is 0.0786. The molecule has 5 heteroatoms. The highest BCUT2D eigenvalue weighted by Crippen LogP contribution is 2.38. The van der Waals surface area contributed by atoms with Gasteiger partial charge in [0.25, 0.3) is 0 Å². The van der Waals surface area contributed by atoms with Crippen LogP contribution in [0, 0.1) is 5.92 Å². The molecule has 0 spiro atoms. The van der Waals surface area contributed by atoms with Crippen molar-refractivity contribution in [3.63, 3.8) is 0 Å². The SMILES string of the molecule is CN(C)Cc1ccc(NC2CCCC(C(F)(F)F)C2)cc1. The minimum atomic E-state index is -4.06. The lowest BCUT2D eigenvalue weighted by Crippen LogP contribution is -2.34. The van der Waals surface area contributed by atoms with Crippen LogP contribution in [0.15, 0.2) is 24.3 Å². The molecule has 0 heterocycles. The van der Waals surface area contributed by atoms with Gasteiger partial charge in [0.1, 0.15) is 0 Å². The number of halogens is 3. The van der Waals surface area contributed by atoms with Crippen molar-refractivity contribution in [2.24, 2.45) is 5.92 Å². The molecule has 0 aliphatic heterocycles. The third-order valence-electron chi connectivity index (χ3n) is 3.96. The van der Waals surface area contributed by atoms with Crippen molar-refractivity contribution in [1.82, 2.24) is 4.90 Å². The van der Waals surface area contributed by atoms with Gasteiger partial charge < -0.3 is 10.2 Å². The standard InChI is InChI=1S/C16H23F3N2/c1-21(2)11-12-6-8-14(9-7-12)20-15-5-3-4-13(10-15)16(17,18)19/h6-9,13,15,20H,3-5,10-11H2,1-2H3. The first-order valence-corrected chi connectivity index (χ1v) is 7.41. The molecule has 1 aliphatic rings. The molecule has 1 saturated carbocycles. The Kier molecular flexibility index (Phi) is 5.14. The normalized spacial score (nSPS) is 23.3. The molecule has 0 aromatic heterocycles. The molecule has 1 aliphatic carbocycles. The molecular weight excluding hydrogens is 277 g/mol. The van der Waals surface area contributed by atoms with E-state index in [1.807, 2.05) is 38.4 Å². The van der Waals surface area contributed by atoms with Gasteiger partial charge in [0.15, 0.2) is 0 Å². The molecule has 2 unspecified atom stereocenters. The summed E-state index contributed by atoms with van der Waals surface area (Å²) in [4.78, 5) is 2.08. The molecule has 1 fully saturated rings. The second-order valence-electron chi connectivity index (χ2n) is 6.18. The van der Waals surface area contributed by atoms with Crippen LogP contribution in [0.3, 0.4) is 0 Å². The molecule has 0 amide bonds. The second kappa shape index (κ2) is 6.69. The topological polar surface area (TPSA) is 15.3 Å². The zero-order chi connectivity index (χ0) is 15.5. The summed E-state index contributed by atoms with van der Waals surface area (Å²) in [5, 5.41) is 3.25. The van der Waals surface area contributed by atoms with Gasteiger partial charge in [-0.05, 0) is 51.1 Å². The van der Waals surface area contributed by atoms with Gasteiger partial charge in [0, 0.05) is 18.3 Å². The average molecular weight is 300 g/mol. The summed E-state index contributed by atoms with van der Waals surface area (Å²) in [6.45, 7) is 0.861. The Bertz CT molecular complexity index is 440. The van der Waals surface area contributed by atoms with E-state index in [1.165, 1.54) is 5.56 Å². The number of nitrogens with one attached hydrogen (secondary N) is 1. The number of rotatable bonds is 4. The summed E-state index contributed by atoms with van der Waals surface area (Å²) in [7, 11) is 4.01. The van der Waals surface area contributed by atoms with Crippen molar-refractivity contribution in [3.8, 4) is 0 Å². The number of alkyl halides is 3. The van der Waals surface area contributed by atoms with E-state index < -0.39 is 12.1 Å². The number of nitrogens with zero attached hydrogens (tertiary/aromatic N) is 1. The molecule has 1 N–H and O–H groups in total. The molecule has 2 atom stereocenters. The molecule has 0 bridgehead atoms. The van der Waals surface area contributed by atoms with Gasteiger partial charge in [0.2, 0.25) is 0 Å². The molecule has 118 valence electrons. The minimum Gasteiger partial charge on any atom is -0.382 e. The van der Waals surface area contributed by atoms with Crippen molar-refractivity contribution in [2.75, 3.05) is 19.4 Å². The Balaban J connectivity index is 1.92. The Labute approximate surface area is 124 Å². The van der Waals surface area contributed by atoms with Gasteiger partial charge >= 0.3 is 6.18 Å². The highest BCUT2D eigenvalue weighted by atomic mass is 19.4. The van der Waals surface area contributed by atoms with E-state index in [2.05, 4.69) is 10.2 Å². The van der Waals surface area contributed by atoms with E-state index in [0.29, 0.717) is 6.42 Å². The first-order chi connectivity index (χ1) is 9.84. The quantitative estimate of drug-likeness (QED) is 0.893. The van der Waals surface area contributed by atoms with Crippen LogP contribution < -0.4 is 5.32 Å². The fourth-order valence-electron chi connectivity index (χ4n) is 2.93. The zero-order valence-electron chi connectivity index (χ0n) is 12.6. The molecule has 2 nitrogen and oxygen atoms in total. The lowest BCUT2D eigenvalue weighted by atomic mass is 9.85. The lowest BCUT2D eigenvalue weighted by molar-refractivity contribution is -0.182. The van der Waals surface area contributed by atoms with Gasteiger partial charge in [-0.1, -0.05) is 18.6 Å². The van der Waals surface area contributed by atoms with E-state index in [9.17, 15) is 13.2 Å². The maximum atomic E-state index is 12.8. The Morgan fingerprint density at radius 1 is 1.14 bits per heavy atom. The highest BCUT2D eigenvalue weighted by Gasteiger charge is 2.42. The van der Waals surface area contributed by atoms with Crippen LogP contribution in [0.4, 0.5) is 18.9 Å². The van der Waals surface area contributed by atoms with Crippen LogP contribution in [-0.4, -0.2) is 31.2 Å². The van der Waals surface area contributed by atoms with Crippen LogP contribution in [-0.2, 0) is 6.54 Å². The fourth-order valence-corrected chi connectivity index (χ4v) is 2.93. The summed E-state index contributed by atoms with van der Waals surface area (Å²) in [6.07, 6.45) is -2.16. The summed E-state index contributed by atoms with van der Waals surface area (Å²) in [5.41, 5.74) is 2.10. The fraction of sp³-hybridized carbons (Fsp3) is 0.625. The van der Waals surface area contributed by atoms with E-state index in [1.54, 1.807) is 0 Å². The van der Waals surface area contributed by atoms with Gasteiger partial charge in [-0.25, -0.2) is 0 Å². The predicted molar refractivity (Wildman–Crippen MR) is 79.3 cm³/mol. The maximum absolute atomic E-state index is 12.8. The summed E-state index contributed by atoms with van der Waals surface area (Å²) in [6, 6.07) is 7.87. The van der Waals surface area contributed by atoms with E-state index in [0.717, 1.165) is 18.7 Å². The van der Waals surface area contributed by atoms with Crippen molar-refractivity contribution >= 4 is 5.69 Å². The van der Waals surface area contributed by atoms with E-state index >= 15 is 0 Å². The Hall–Kier alpha value is -1.23. The highest BCUT2D eigenvalue weighted by molar-refractivity contribution is 5.45. The van der Waals surface area contributed by atoms with Crippen LogP contribution >= 0.6 is 0 Å². The Morgan fingerprint density at radius 3 is 2.38 bits per heavy atom. The van der Waals surface area contributed by atoms with Crippen molar-refractivity contribution in [3.05, 3.63) is 29.8 Å². The summed E-state index contributed by atoms with van der Waals surface area (Å²) in [5.74, 6) is -1.16. The first-order valence-electron chi connectivity index (χ1n) is 7.41. The van der Waals surface area contributed by atoms with Crippen molar-refractivity contribution in [1.29, 1.82) is 0 Å². The maximum Gasteiger partial charge on any atom is 0.391 e. The molecular formula is C16H23F3N2. The first kappa shape index (κ1) is 16.1. The average Bonchev–Trinajstić information content (AvgIpc) is 2.40. The monoisotopic (exact) mass is 300 g/mol. The molecule has 0 saturated heterocycles. The Morgan fingerprint density at radius 2 is 1.81 bits per heavy atom. The second-order valence-corrected chi connectivity index (χ2v) is 6.18. The number of benzene rings is 1. The smallest absolute Gasteiger partial charge is 0.382 e. The number of hydrogen-bond donors (Lipinski definition) is 1. The zero-order valence-corrected chi connectivity index (χ0v) is 12.6. The molecule has 1 aromatic rings. The predicted octanol–water partition coefficient (Wildman–Crippen LogP) is 4.28. The summed E-state index contributed by atoms with van der Waals surface area (Å²) >= 11 is 0. The largest absolute Gasteiger partial charge is 0.391 e. The van der Waals surface area contributed by atoms with E-state index in [-0.39, 0.29) is 18.9 Å². The molecule has 1 aromatic carbocycles. The van der Waals surface area contributed by atoms with Crippen LogP contribution in [0.5, 0.6) is 0 Å². The van der Waals surface area contributed by atoms with Gasteiger partial charge in [-0.3, -0.25) is 0 Å². The van der Waals surface area contributed by atoms with Gasteiger partial charge in [0.05, 0.1) is 5.92 Å². The third-order valence-corrected chi connectivity index (χ3v) is 3.96. The molecule has 2 rings (SSSR count). The van der Waals surface area contributed by atoms with Crippen LogP contribution in [0.2, 0.25) is 0 Å². The van der Waals surface area contributed by atoms with Gasteiger partial charge in [-0.15, -0.1) is 0 Å².